The quantitative estimate of drug-likeness (QED) is 0.664. The zero-order valence-electron chi connectivity index (χ0n) is 10.9. The number of hydrogen-bond acceptors (Lipinski definition) is 2. The monoisotopic (exact) mass is 278 g/mol. The van der Waals surface area contributed by atoms with Crippen LogP contribution < -0.4 is 11.3 Å². The summed E-state index contributed by atoms with van der Waals surface area (Å²) in [5.41, 5.74) is 6.55. The Morgan fingerprint density at radius 1 is 1.16 bits per heavy atom. The molecule has 2 rings (SSSR count). The lowest BCUT2D eigenvalue weighted by Crippen LogP contribution is -2.29. The Labute approximate surface area is 117 Å². The van der Waals surface area contributed by atoms with Crippen LogP contribution in [0, 0.1) is 19.7 Å². The highest BCUT2D eigenvalue weighted by atomic mass is 35.5. The first-order valence-corrected chi connectivity index (χ1v) is 6.39. The molecule has 0 aliphatic carbocycles. The molecule has 0 bridgehead atoms. The lowest BCUT2D eigenvalue weighted by atomic mass is 9.94. The first-order chi connectivity index (χ1) is 9.04. The van der Waals surface area contributed by atoms with Gasteiger partial charge >= 0.3 is 0 Å². The molecule has 0 radical (unpaired) electrons. The van der Waals surface area contributed by atoms with Gasteiger partial charge in [0.25, 0.3) is 0 Å². The molecule has 0 saturated heterocycles. The Morgan fingerprint density at radius 3 is 2.58 bits per heavy atom. The summed E-state index contributed by atoms with van der Waals surface area (Å²) in [6.07, 6.45) is 0. The van der Waals surface area contributed by atoms with Crippen LogP contribution in [0.25, 0.3) is 0 Å². The van der Waals surface area contributed by atoms with Crippen LogP contribution in [-0.4, -0.2) is 0 Å². The number of hydrazine groups is 1. The van der Waals surface area contributed by atoms with Crippen LogP contribution in [-0.2, 0) is 0 Å². The van der Waals surface area contributed by atoms with Crippen molar-refractivity contribution in [2.75, 3.05) is 0 Å². The van der Waals surface area contributed by atoms with E-state index in [1.54, 1.807) is 12.1 Å². The lowest BCUT2D eigenvalue weighted by molar-refractivity contribution is 0.604. The highest BCUT2D eigenvalue weighted by Crippen LogP contribution is 2.31. The molecule has 0 aliphatic heterocycles. The second-order valence-corrected chi connectivity index (χ2v) is 4.98. The first kappa shape index (κ1) is 14.0. The standard InChI is InChI=1S/C15H16ClFN2/c1-9-6-7-10(2)12(8-9)15(19-18)11-4-3-5-13(17)14(11)16/h3-8,15,19H,18H2,1-2H3. The predicted molar refractivity (Wildman–Crippen MR) is 76.5 cm³/mol. The summed E-state index contributed by atoms with van der Waals surface area (Å²) >= 11 is 6.04. The Kier molecular flexibility index (Phi) is 4.20. The fraction of sp³-hybridized carbons (Fsp3) is 0.200. The Hall–Kier alpha value is -1.42. The molecule has 0 heterocycles. The summed E-state index contributed by atoms with van der Waals surface area (Å²) in [5.74, 6) is 5.20. The van der Waals surface area contributed by atoms with Crippen LogP contribution >= 0.6 is 11.6 Å². The number of halogens is 2. The molecule has 3 N–H and O–H groups in total. The molecule has 0 spiro atoms. The first-order valence-electron chi connectivity index (χ1n) is 6.01. The van der Waals surface area contributed by atoms with Gasteiger partial charge in [-0.3, -0.25) is 5.84 Å². The average Bonchev–Trinajstić information content (AvgIpc) is 2.39. The summed E-state index contributed by atoms with van der Waals surface area (Å²) in [5, 5.41) is 0.103. The Morgan fingerprint density at radius 2 is 1.89 bits per heavy atom. The molecule has 2 nitrogen and oxygen atoms in total. The van der Waals surface area contributed by atoms with Crippen LogP contribution in [0.4, 0.5) is 4.39 Å². The second kappa shape index (κ2) is 5.70. The van der Waals surface area contributed by atoms with Crippen molar-refractivity contribution < 1.29 is 4.39 Å². The van der Waals surface area contributed by atoms with Crippen molar-refractivity contribution >= 4 is 11.6 Å². The summed E-state index contributed by atoms with van der Waals surface area (Å²) in [4.78, 5) is 0. The molecule has 1 unspecified atom stereocenters. The minimum Gasteiger partial charge on any atom is -0.271 e. The fourth-order valence-corrected chi connectivity index (χ4v) is 2.40. The highest BCUT2D eigenvalue weighted by Gasteiger charge is 2.19. The van der Waals surface area contributed by atoms with Crippen molar-refractivity contribution in [3.8, 4) is 0 Å². The van der Waals surface area contributed by atoms with Crippen LogP contribution in [0.2, 0.25) is 5.02 Å². The normalized spacial score (nSPS) is 12.5. The largest absolute Gasteiger partial charge is 0.271 e. The Balaban J connectivity index is 2.56. The van der Waals surface area contributed by atoms with Gasteiger partial charge in [0.1, 0.15) is 5.82 Å². The van der Waals surface area contributed by atoms with Crippen molar-refractivity contribution in [2.24, 2.45) is 5.84 Å². The molecule has 2 aromatic rings. The smallest absolute Gasteiger partial charge is 0.142 e. The van der Waals surface area contributed by atoms with Gasteiger partial charge in [-0.05, 0) is 36.6 Å². The topological polar surface area (TPSA) is 38.0 Å². The summed E-state index contributed by atoms with van der Waals surface area (Å²) in [6, 6.07) is 10.5. The number of hydrogen-bond donors (Lipinski definition) is 2. The third kappa shape index (κ3) is 2.78. The van der Waals surface area contributed by atoms with Crippen molar-refractivity contribution in [2.45, 2.75) is 19.9 Å². The van der Waals surface area contributed by atoms with Gasteiger partial charge in [-0.1, -0.05) is 47.5 Å². The maximum atomic E-state index is 13.6. The Bertz CT molecular complexity index is 597. The van der Waals surface area contributed by atoms with E-state index in [2.05, 4.69) is 5.43 Å². The van der Waals surface area contributed by atoms with Crippen LogP contribution in [0.3, 0.4) is 0 Å². The highest BCUT2D eigenvalue weighted by molar-refractivity contribution is 6.31. The maximum Gasteiger partial charge on any atom is 0.142 e. The van der Waals surface area contributed by atoms with Crippen LogP contribution in [0.1, 0.15) is 28.3 Å². The molecule has 4 heteroatoms. The zero-order chi connectivity index (χ0) is 14.0. The molecule has 19 heavy (non-hydrogen) atoms. The molecule has 0 aromatic heterocycles. The molecule has 100 valence electrons. The van der Waals surface area contributed by atoms with E-state index in [1.165, 1.54) is 6.07 Å². The van der Waals surface area contributed by atoms with Gasteiger partial charge in [0.15, 0.2) is 0 Å². The molecule has 0 fully saturated rings. The summed E-state index contributed by atoms with van der Waals surface area (Å²) < 4.78 is 13.6. The molecular formula is C15H16ClFN2. The van der Waals surface area contributed by atoms with Crippen molar-refractivity contribution in [3.63, 3.8) is 0 Å². The fourth-order valence-electron chi connectivity index (χ4n) is 2.16. The van der Waals surface area contributed by atoms with Gasteiger partial charge in [-0.2, -0.15) is 0 Å². The van der Waals surface area contributed by atoms with Crippen molar-refractivity contribution in [1.82, 2.24) is 5.43 Å². The van der Waals surface area contributed by atoms with E-state index in [9.17, 15) is 4.39 Å². The average molecular weight is 279 g/mol. The number of aryl methyl sites for hydroxylation is 2. The minimum absolute atomic E-state index is 0.103. The third-order valence-corrected chi connectivity index (χ3v) is 3.60. The van der Waals surface area contributed by atoms with E-state index in [4.69, 9.17) is 17.4 Å². The van der Waals surface area contributed by atoms with Gasteiger partial charge in [0, 0.05) is 0 Å². The SMILES string of the molecule is Cc1ccc(C)c(C(NN)c2cccc(F)c2Cl)c1. The van der Waals surface area contributed by atoms with Gasteiger partial charge in [-0.25, -0.2) is 9.82 Å². The predicted octanol–water partition coefficient (Wildman–Crippen LogP) is 3.65. The van der Waals surface area contributed by atoms with E-state index in [-0.39, 0.29) is 11.1 Å². The number of nitrogens with two attached hydrogens (primary N) is 1. The lowest BCUT2D eigenvalue weighted by Gasteiger charge is -2.21. The number of nitrogens with one attached hydrogen (secondary N) is 1. The van der Waals surface area contributed by atoms with Gasteiger partial charge in [0.05, 0.1) is 11.1 Å². The van der Waals surface area contributed by atoms with E-state index < -0.39 is 5.82 Å². The minimum atomic E-state index is -0.440. The van der Waals surface area contributed by atoms with E-state index >= 15 is 0 Å². The molecule has 0 aliphatic rings. The van der Waals surface area contributed by atoms with Crippen molar-refractivity contribution in [1.29, 1.82) is 0 Å². The summed E-state index contributed by atoms with van der Waals surface area (Å²) in [7, 11) is 0. The zero-order valence-corrected chi connectivity index (χ0v) is 11.6. The molecule has 1 atom stereocenters. The molecular weight excluding hydrogens is 263 g/mol. The number of rotatable bonds is 3. The number of benzene rings is 2. The van der Waals surface area contributed by atoms with Crippen LogP contribution in [0.15, 0.2) is 36.4 Å². The summed E-state index contributed by atoms with van der Waals surface area (Å²) in [6.45, 7) is 4.00. The van der Waals surface area contributed by atoms with Crippen molar-refractivity contribution in [3.05, 3.63) is 69.5 Å². The van der Waals surface area contributed by atoms with Crippen LogP contribution in [0.5, 0.6) is 0 Å². The maximum absolute atomic E-state index is 13.6. The molecule has 2 aromatic carbocycles. The van der Waals surface area contributed by atoms with Gasteiger partial charge in [-0.15, -0.1) is 0 Å². The van der Waals surface area contributed by atoms with Gasteiger partial charge in [0.2, 0.25) is 0 Å². The van der Waals surface area contributed by atoms with E-state index in [0.717, 1.165) is 16.7 Å². The molecule has 0 saturated carbocycles. The van der Waals surface area contributed by atoms with E-state index in [1.807, 2.05) is 32.0 Å². The second-order valence-electron chi connectivity index (χ2n) is 4.60. The van der Waals surface area contributed by atoms with E-state index in [0.29, 0.717) is 5.56 Å². The third-order valence-electron chi connectivity index (χ3n) is 3.20. The van der Waals surface area contributed by atoms with Gasteiger partial charge < -0.3 is 0 Å². The molecule has 0 amide bonds.